The van der Waals surface area contributed by atoms with Crippen LogP contribution in [0, 0.1) is 25.2 Å². The Balaban J connectivity index is 2.01. The van der Waals surface area contributed by atoms with Gasteiger partial charge in [0.25, 0.3) is 0 Å². The molecule has 0 saturated carbocycles. The van der Waals surface area contributed by atoms with E-state index in [1.165, 1.54) is 6.08 Å². The van der Waals surface area contributed by atoms with E-state index >= 15 is 0 Å². The van der Waals surface area contributed by atoms with Crippen LogP contribution >= 0.6 is 0 Å². The van der Waals surface area contributed by atoms with E-state index in [1.54, 1.807) is 43.3 Å². The zero-order valence-electron chi connectivity index (χ0n) is 14.4. The van der Waals surface area contributed by atoms with Crippen LogP contribution in [-0.2, 0) is 9.53 Å². The quantitative estimate of drug-likeness (QED) is 0.471. The number of esters is 1. The fourth-order valence-corrected chi connectivity index (χ4v) is 2.32. The molecule has 2 aromatic rings. The fourth-order valence-electron chi connectivity index (χ4n) is 2.32. The summed E-state index contributed by atoms with van der Waals surface area (Å²) in [7, 11) is 0. The number of nitrogens with zero attached hydrogens (tertiary/aromatic N) is 1. The van der Waals surface area contributed by atoms with Gasteiger partial charge in [0.05, 0.1) is 11.6 Å². The lowest BCUT2D eigenvalue weighted by atomic mass is 9.99. The molecule has 0 radical (unpaired) electrons. The number of hydrogen-bond acceptors (Lipinski definition) is 4. The van der Waals surface area contributed by atoms with Crippen LogP contribution in [0.1, 0.15) is 39.5 Å². The van der Waals surface area contributed by atoms with Crippen molar-refractivity contribution in [2.75, 3.05) is 0 Å². The molecule has 4 nitrogen and oxygen atoms in total. The lowest BCUT2D eigenvalue weighted by Gasteiger charge is -2.13. The zero-order valence-corrected chi connectivity index (χ0v) is 14.4. The molecule has 0 unspecified atom stereocenters. The predicted molar refractivity (Wildman–Crippen MR) is 96.0 cm³/mol. The van der Waals surface area contributed by atoms with Crippen LogP contribution in [0.15, 0.2) is 48.5 Å². The second-order valence-electron chi connectivity index (χ2n) is 5.83. The minimum atomic E-state index is -0.862. The molecule has 0 bridgehead atoms. The molecule has 0 N–H and O–H groups in total. The summed E-state index contributed by atoms with van der Waals surface area (Å²) in [6.45, 7) is 5.33. The van der Waals surface area contributed by atoms with E-state index in [-0.39, 0.29) is 5.78 Å². The van der Waals surface area contributed by atoms with Crippen molar-refractivity contribution in [1.29, 1.82) is 5.26 Å². The second kappa shape index (κ2) is 8.07. The van der Waals surface area contributed by atoms with Gasteiger partial charge in [0.2, 0.25) is 5.78 Å². The van der Waals surface area contributed by atoms with E-state index in [0.717, 1.165) is 16.7 Å². The topological polar surface area (TPSA) is 67.2 Å². The molecule has 1 atom stereocenters. The SMILES string of the molecule is Cc1ccc(C)c(C(=O)[C@@H](C)OC(=O)/C=C/c2ccc(C#N)cc2)c1. The van der Waals surface area contributed by atoms with Gasteiger partial charge in [-0.1, -0.05) is 29.8 Å². The van der Waals surface area contributed by atoms with Gasteiger partial charge in [-0.2, -0.15) is 5.26 Å². The number of carbonyl (C=O) groups excluding carboxylic acids is 2. The van der Waals surface area contributed by atoms with Gasteiger partial charge < -0.3 is 4.74 Å². The smallest absolute Gasteiger partial charge is 0.331 e. The van der Waals surface area contributed by atoms with Gasteiger partial charge in [-0.05, 0) is 56.2 Å². The van der Waals surface area contributed by atoms with E-state index in [1.807, 2.05) is 32.0 Å². The van der Waals surface area contributed by atoms with Crippen molar-refractivity contribution in [3.63, 3.8) is 0 Å². The lowest BCUT2D eigenvalue weighted by Crippen LogP contribution is -2.24. The van der Waals surface area contributed by atoms with Crippen LogP contribution in [0.4, 0.5) is 0 Å². The zero-order chi connectivity index (χ0) is 18.4. The summed E-state index contributed by atoms with van der Waals surface area (Å²) >= 11 is 0. The first-order valence-electron chi connectivity index (χ1n) is 7.91. The molecular formula is C21H19NO3. The summed E-state index contributed by atoms with van der Waals surface area (Å²) in [5.74, 6) is -0.808. The molecule has 0 aliphatic carbocycles. The molecular weight excluding hydrogens is 314 g/mol. The Kier molecular flexibility index (Phi) is 5.86. The first kappa shape index (κ1) is 18.2. The average Bonchev–Trinajstić information content (AvgIpc) is 2.61. The molecule has 0 aliphatic heterocycles. The fraction of sp³-hybridized carbons (Fsp3) is 0.190. The summed E-state index contributed by atoms with van der Waals surface area (Å²) in [6.07, 6.45) is 1.99. The highest BCUT2D eigenvalue weighted by atomic mass is 16.5. The van der Waals surface area contributed by atoms with E-state index < -0.39 is 12.1 Å². The number of aryl methyl sites for hydroxylation is 2. The third-order valence-electron chi connectivity index (χ3n) is 3.77. The number of rotatable bonds is 5. The van der Waals surface area contributed by atoms with Crippen LogP contribution in [0.5, 0.6) is 0 Å². The summed E-state index contributed by atoms with van der Waals surface area (Å²) < 4.78 is 5.20. The number of ketones is 1. The maximum atomic E-state index is 12.5. The van der Waals surface area contributed by atoms with Crippen LogP contribution in [0.25, 0.3) is 6.08 Å². The Morgan fingerprint density at radius 3 is 2.44 bits per heavy atom. The lowest BCUT2D eigenvalue weighted by molar-refractivity contribution is -0.140. The minimum Gasteiger partial charge on any atom is -0.451 e. The Morgan fingerprint density at radius 1 is 1.12 bits per heavy atom. The van der Waals surface area contributed by atoms with Crippen molar-refractivity contribution >= 4 is 17.8 Å². The third kappa shape index (κ3) is 4.89. The minimum absolute atomic E-state index is 0.221. The van der Waals surface area contributed by atoms with Gasteiger partial charge in [0, 0.05) is 11.6 Å². The average molecular weight is 333 g/mol. The Labute approximate surface area is 147 Å². The molecule has 0 saturated heterocycles. The first-order valence-corrected chi connectivity index (χ1v) is 7.91. The third-order valence-corrected chi connectivity index (χ3v) is 3.77. The number of ether oxygens (including phenoxy) is 1. The van der Waals surface area contributed by atoms with Gasteiger partial charge in [0.1, 0.15) is 0 Å². The number of benzene rings is 2. The molecule has 2 aromatic carbocycles. The molecule has 0 fully saturated rings. The number of carbonyl (C=O) groups is 2. The normalized spacial score (nSPS) is 11.8. The van der Waals surface area contributed by atoms with Crippen molar-refractivity contribution in [1.82, 2.24) is 0 Å². The highest BCUT2D eigenvalue weighted by Gasteiger charge is 2.20. The molecule has 0 aromatic heterocycles. The van der Waals surface area contributed by atoms with Crippen molar-refractivity contribution in [3.05, 3.63) is 76.4 Å². The summed E-state index contributed by atoms with van der Waals surface area (Å²) in [6, 6.07) is 14.4. The standard InChI is InChI=1S/C21H19NO3/c1-14-4-5-15(2)19(12-14)21(24)16(3)25-20(23)11-10-17-6-8-18(13-22)9-7-17/h4-12,16H,1-3H3/b11-10+/t16-/m1/s1. The summed E-state index contributed by atoms with van der Waals surface area (Å²) in [5.41, 5.74) is 3.72. The van der Waals surface area contributed by atoms with Crippen molar-refractivity contribution in [3.8, 4) is 6.07 Å². The van der Waals surface area contributed by atoms with E-state index in [9.17, 15) is 9.59 Å². The molecule has 0 spiro atoms. The largest absolute Gasteiger partial charge is 0.451 e. The van der Waals surface area contributed by atoms with Gasteiger partial charge in [-0.25, -0.2) is 4.79 Å². The van der Waals surface area contributed by atoms with Crippen molar-refractivity contribution in [2.45, 2.75) is 26.9 Å². The van der Waals surface area contributed by atoms with Gasteiger partial charge in [-0.15, -0.1) is 0 Å². The first-order chi connectivity index (χ1) is 11.9. The van der Waals surface area contributed by atoms with Crippen molar-refractivity contribution in [2.24, 2.45) is 0 Å². The number of Topliss-reactive ketones (excluding diaryl/α,β-unsaturated/α-hetero) is 1. The Bertz CT molecular complexity index is 858. The highest BCUT2D eigenvalue weighted by molar-refractivity contribution is 6.02. The monoisotopic (exact) mass is 333 g/mol. The molecule has 126 valence electrons. The maximum absolute atomic E-state index is 12.5. The summed E-state index contributed by atoms with van der Waals surface area (Å²) in [5, 5.41) is 8.75. The van der Waals surface area contributed by atoms with Crippen LogP contribution in [0.3, 0.4) is 0 Å². The molecule has 0 aliphatic rings. The number of nitriles is 1. The van der Waals surface area contributed by atoms with E-state index in [2.05, 4.69) is 0 Å². The highest BCUT2D eigenvalue weighted by Crippen LogP contribution is 2.14. The van der Waals surface area contributed by atoms with Gasteiger partial charge in [0.15, 0.2) is 6.10 Å². The number of hydrogen-bond donors (Lipinski definition) is 0. The van der Waals surface area contributed by atoms with Crippen molar-refractivity contribution < 1.29 is 14.3 Å². The van der Waals surface area contributed by atoms with E-state index in [0.29, 0.717) is 11.1 Å². The second-order valence-corrected chi connectivity index (χ2v) is 5.83. The van der Waals surface area contributed by atoms with Gasteiger partial charge in [-0.3, -0.25) is 4.79 Å². The summed E-state index contributed by atoms with van der Waals surface area (Å²) in [4.78, 5) is 24.4. The van der Waals surface area contributed by atoms with Crippen LogP contribution < -0.4 is 0 Å². The molecule has 2 rings (SSSR count). The molecule has 25 heavy (non-hydrogen) atoms. The Morgan fingerprint density at radius 2 is 1.80 bits per heavy atom. The van der Waals surface area contributed by atoms with Gasteiger partial charge >= 0.3 is 5.97 Å². The Hall–Kier alpha value is -3.19. The molecule has 4 heteroatoms. The van der Waals surface area contributed by atoms with Crippen LogP contribution in [-0.4, -0.2) is 17.9 Å². The predicted octanol–water partition coefficient (Wildman–Crippen LogP) is 4.00. The maximum Gasteiger partial charge on any atom is 0.331 e. The van der Waals surface area contributed by atoms with E-state index in [4.69, 9.17) is 10.00 Å². The van der Waals surface area contributed by atoms with Crippen LogP contribution in [0.2, 0.25) is 0 Å². The molecule has 0 amide bonds. The molecule has 0 heterocycles.